The van der Waals surface area contributed by atoms with Crippen molar-refractivity contribution < 1.29 is 18.3 Å². The molecule has 0 aliphatic rings. The quantitative estimate of drug-likeness (QED) is 0.753. The molecular weight excluding hydrogens is 221 g/mol. The van der Waals surface area contributed by atoms with E-state index in [1.807, 2.05) is 0 Å². The van der Waals surface area contributed by atoms with Gasteiger partial charge in [-0.05, 0) is 19.1 Å². The molecule has 1 aromatic heterocycles. The second kappa shape index (κ2) is 3.33. The van der Waals surface area contributed by atoms with E-state index in [1.165, 1.54) is 19.1 Å². The van der Waals surface area contributed by atoms with Gasteiger partial charge in [0.1, 0.15) is 11.6 Å². The lowest BCUT2D eigenvalue weighted by Gasteiger charge is -2.09. The van der Waals surface area contributed by atoms with Crippen LogP contribution >= 0.6 is 0 Å². The van der Waals surface area contributed by atoms with Gasteiger partial charge < -0.3 is 5.11 Å². The van der Waals surface area contributed by atoms with Crippen LogP contribution in [0.2, 0.25) is 0 Å². The second-order valence-electron chi connectivity index (χ2n) is 3.32. The van der Waals surface area contributed by atoms with Gasteiger partial charge in [0.05, 0.1) is 5.52 Å². The lowest BCUT2D eigenvalue weighted by molar-refractivity contribution is -0.139. The van der Waals surface area contributed by atoms with Gasteiger partial charge in [-0.3, -0.25) is 0 Å². The predicted molar refractivity (Wildman–Crippen MR) is 50.9 cm³/mol. The van der Waals surface area contributed by atoms with E-state index in [1.54, 1.807) is 0 Å². The van der Waals surface area contributed by atoms with Crippen LogP contribution in [-0.2, 0) is 6.18 Å². The van der Waals surface area contributed by atoms with E-state index in [0.29, 0.717) is 0 Å². The second-order valence-corrected chi connectivity index (χ2v) is 3.32. The Morgan fingerprint density at radius 2 is 1.88 bits per heavy atom. The van der Waals surface area contributed by atoms with Crippen LogP contribution in [0, 0.1) is 6.92 Å². The van der Waals surface area contributed by atoms with E-state index in [2.05, 4.69) is 9.97 Å². The summed E-state index contributed by atoms with van der Waals surface area (Å²) >= 11 is 0. The summed E-state index contributed by atoms with van der Waals surface area (Å²) < 4.78 is 37.9. The smallest absolute Gasteiger partial charge is 0.434 e. The van der Waals surface area contributed by atoms with Gasteiger partial charge in [0.25, 0.3) is 0 Å². The number of rotatable bonds is 0. The van der Waals surface area contributed by atoms with Crippen molar-refractivity contribution >= 4 is 10.9 Å². The number of aryl methyl sites for hydroxylation is 1. The van der Waals surface area contributed by atoms with E-state index in [0.717, 1.165) is 6.07 Å². The largest absolute Gasteiger partial charge is 0.508 e. The molecule has 0 saturated carbocycles. The molecule has 1 aromatic carbocycles. The number of phenols is 1. The zero-order chi connectivity index (χ0) is 11.9. The molecule has 0 amide bonds. The van der Waals surface area contributed by atoms with Crippen molar-refractivity contribution in [1.82, 2.24) is 9.97 Å². The number of hydrogen-bond donors (Lipinski definition) is 1. The maximum atomic E-state index is 12.6. The Labute approximate surface area is 88.6 Å². The Balaban J connectivity index is 2.83. The number of nitrogens with zero attached hydrogens (tertiary/aromatic N) is 2. The number of alkyl halides is 3. The molecule has 3 nitrogen and oxygen atoms in total. The van der Waals surface area contributed by atoms with Crippen molar-refractivity contribution in [2.75, 3.05) is 0 Å². The summed E-state index contributed by atoms with van der Waals surface area (Å²) in [5, 5.41) is 9.06. The van der Waals surface area contributed by atoms with Crippen LogP contribution in [0.15, 0.2) is 18.2 Å². The first-order valence-corrected chi connectivity index (χ1v) is 4.42. The third-order valence-electron chi connectivity index (χ3n) is 2.06. The molecule has 6 heteroatoms. The van der Waals surface area contributed by atoms with Gasteiger partial charge >= 0.3 is 6.18 Å². The molecule has 1 N–H and O–H groups in total. The van der Waals surface area contributed by atoms with E-state index in [-0.39, 0.29) is 22.5 Å². The molecule has 0 saturated heterocycles. The highest BCUT2D eigenvalue weighted by molar-refractivity contribution is 5.82. The molecule has 1 heterocycles. The number of halogens is 3. The standard InChI is InChI=1S/C10H7F3N2O/c1-5-14-8-4-6(16)2-3-7(8)9(15-5)10(11,12)13/h2-4,16H,1H3. The van der Waals surface area contributed by atoms with Crippen molar-refractivity contribution in [3.05, 3.63) is 29.7 Å². The Morgan fingerprint density at radius 3 is 2.50 bits per heavy atom. The fourth-order valence-corrected chi connectivity index (χ4v) is 1.45. The Morgan fingerprint density at radius 1 is 1.19 bits per heavy atom. The van der Waals surface area contributed by atoms with Crippen molar-refractivity contribution in [2.24, 2.45) is 0 Å². The summed E-state index contributed by atoms with van der Waals surface area (Å²) in [5.74, 6) is -0.107. The van der Waals surface area contributed by atoms with Gasteiger partial charge in [-0.2, -0.15) is 13.2 Å². The summed E-state index contributed by atoms with van der Waals surface area (Å²) in [6.45, 7) is 1.37. The lowest BCUT2D eigenvalue weighted by atomic mass is 10.1. The van der Waals surface area contributed by atoms with Crippen LogP contribution in [0.5, 0.6) is 5.75 Å². The number of phenolic OH excluding ortho intramolecular Hbond substituents is 1. The molecule has 0 aliphatic heterocycles. The minimum absolute atomic E-state index is 0.0189. The van der Waals surface area contributed by atoms with Crippen LogP contribution in [0.25, 0.3) is 10.9 Å². The molecule has 0 unspecified atom stereocenters. The molecule has 0 fully saturated rings. The minimum Gasteiger partial charge on any atom is -0.508 e. The van der Waals surface area contributed by atoms with Crippen LogP contribution in [0.1, 0.15) is 11.5 Å². The van der Waals surface area contributed by atoms with Crippen molar-refractivity contribution in [2.45, 2.75) is 13.1 Å². The highest BCUT2D eigenvalue weighted by atomic mass is 19.4. The zero-order valence-corrected chi connectivity index (χ0v) is 8.21. The fraction of sp³-hybridized carbons (Fsp3) is 0.200. The SMILES string of the molecule is Cc1nc(C(F)(F)F)c2ccc(O)cc2n1. The summed E-state index contributed by atoms with van der Waals surface area (Å²) in [5.41, 5.74) is -0.894. The molecule has 2 rings (SSSR count). The van der Waals surface area contributed by atoms with E-state index in [4.69, 9.17) is 0 Å². The summed E-state index contributed by atoms with van der Waals surface area (Å²) in [7, 11) is 0. The number of fused-ring (bicyclic) bond motifs is 1. The summed E-state index contributed by atoms with van der Waals surface area (Å²) in [4.78, 5) is 7.22. The van der Waals surface area contributed by atoms with Gasteiger partial charge in [0, 0.05) is 11.5 Å². The Bertz CT molecular complexity index is 546. The highest BCUT2D eigenvalue weighted by Crippen LogP contribution is 2.33. The van der Waals surface area contributed by atoms with Crippen LogP contribution in [-0.4, -0.2) is 15.1 Å². The third kappa shape index (κ3) is 1.78. The van der Waals surface area contributed by atoms with Gasteiger partial charge in [0.15, 0.2) is 5.69 Å². The first-order valence-electron chi connectivity index (χ1n) is 4.42. The first kappa shape index (κ1) is 10.7. The average molecular weight is 228 g/mol. The van der Waals surface area contributed by atoms with Crippen molar-refractivity contribution in [3.8, 4) is 5.75 Å². The van der Waals surface area contributed by atoms with Crippen molar-refractivity contribution in [1.29, 1.82) is 0 Å². The maximum Gasteiger partial charge on any atom is 0.434 e. The molecule has 2 aromatic rings. The van der Waals surface area contributed by atoms with Gasteiger partial charge in [0.2, 0.25) is 0 Å². The van der Waals surface area contributed by atoms with Crippen LogP contribution in [0.4, 0.5) is 13.2 Å². The Kier molecular flexibility index (Phi) is 2.22. The van der Waals surface area contributed by atoms with E-state index < -0.39 is 11.9 Å². The number of aromatic nitrogens is 2. The van der Waals surface area contributed by atoms with Gasteiger partial charge in [-0.1, -0.05) is 0 Å². The first-order chi connectivity index (χ1) is 7.38. The third-order valence-corrected chi connectivity index (χ3v) is 2.06. The fourth-order valence-electron chi connectivity index (χ4n) is 1.45. The molecule has 0 bridgehead atoms. The molecule has 0 atom stereocenters. The molecule has 16 heavy (non-hydrogen) atoms. The maximum absolute atomic E-state index is 12.6. The minimum atomic E-state index is -4.52. The monoisotopic (exact) mass is 228 g/mol. The van der Waals surface area contributed by atoms with Gasteiger partial charge in [-0.25, -0.2) is 9.97 Å². The molecule has 0 radical (unpaired) electrons. The summed E-state index contributed by atoms with van der Waals surface area (Å²) in [6, 6.07) is 3.52. The van der Waals surface area contributed by atoms with Gasteiger partial charge in [-0.15, -0.1) is 0 Å². The van der Waals surface area contributed by atoms with E-state index >= 15 is 0 Å². The normalized spacial score (nSPS) is 12.0. The van der Waals surface area contributed by atoms with Crippen LogP contribution in [0.3, 0.4) is 0 Å². The molecule has 0 spiro atoms. The average Bonchev–Trinajstić information content (AvgIpc) is 2.14. The van der Waals surface area contributed by atoms with Crippen LogP contribution < -0.4 is 0 Å². The summed E-state index contributed by atoms with van der Waals surface area (Å²) in [6.07, 6.45) is -4.52. The topological polar surface area (TPSA) is 46.0 Å². The highest BCUT2D eigenvalue weighted by Gasteiger charge is 2.35. The number of benzene rings is 1. The number of aromatic hydroxyl groups is 1. The molecular formula is C10H7F3N2O. The molecule has 84 valence electrons. The lowest BCUT2D eigenvalue weighted by Crippen LogP contribution is -2.10. The predicted octanol–water partition coefficient (Wildman–Crippen LogP) is 2.66. The van der Waals surface area contributed by atoms with E-state index in [9.17, 15) is 18.3 Å². The molecule has 0 aliphatic carbocycles. The van der Waals surface area contributed by atoms with Crippen molar-refractivity contribution in [3.63, 3.8) is 0 Å². The Hall–Kier alpha value is -1.85. The number of hydrogen-bond acceptors (Lipinski definition) is 3. The zero-order valence-electron chi connectivity index (χ0n) is 8.21.